The Labute approximate surface area is 82.6 Å². The Morgan fingerprint density at radius 1 is 1.54 bits per heavy atom. The van der Waals surface area contributed by atoms with Crippen molar-refractivity contribution in [2.24, 2.45) is 0 Å². The Hall–Kier alpha value is -0.610. The lowest BCUT2D eigenvalue weighted by Gasteiger charge is -2.38. The van der Waals surface area contributed by atoms with E-state index < -0.39 is 0 Å². The number of nitrogens with zero attached hydrogens (tertiary/aromatic N) is 2. The molecule has 0 atom stereocenters. The van der Waals surface area contributed by atoms with Crippen LogP contribution in [-0.2, 0) is 13.0 Å². The molecule has 0 bridgehead atoms. The number of thiazole rings is 1. The number of hydrogen-bond acceptors (Lipinski definition) is 4. The molecule has 0 fully saturated rings. The molecule has 2 N–H and O–H groups in total. The van der Waals surface area contributed by atoms with Crippen molar-refractivity contribution < 1.29 is 0 Å². The first-order valence-electron chi connectivity index (χ1n) is 4.44. The van der Waals surface area contributed by atoms with Gasteiger partial charge in [-0.05, 0) is 20.9 Å². The van der Waals surface area contributed by atoms with E-state index in [1.54, 1.807) is 11.3 Å². The number of fused-ring (bicyclic) bond motifs is 1. The molecular formula is C9H15N3S. The minimum absolute atomic E-state index is 0.216. The van der Waals surface area contributed by atoms with E-state index in [0.717, 1.165) is 13.0 Å². The second kappa shape index (κ2) is 2.69. The highest BCUT2D eigenvalue weighted by atomic mass is 32.1. The van der Waals surface area contributed by atoms with Crippen LogP contribution in [0.2, 0.25) is 0 Å². The number of nitrogens with two attached hydrogens (primary N) is 1. The Morgan fingerprint density at radius 2 is 2.23 bits per heavy atom. The van der Waals surface area contributed by atoms with Gasteiger partial charge in [-0.25, -0.2) is 4.98 Å². The van der Waals surface area contributed by atoms with Crippen molar-refractivity contribution >= 4 is 16.5 Å². The van der Waals surface area contributed by atoms with Gasteiger partial charge in [-0.3, -0.25) is 4.90 Å². The van der Waals surface area contributed by atoms with Gasteiger partial charge in [0.05, 0.1) is 5.69 Å². The summed E-state index contributed by atoms with van der Waals surface area (Å²) >= 11 is 1.62. The summed E-state index contributed by atoms with van der Waals surface area (Å²) in [5.74, 6) is 0. The van der Waals surface area contributed by atoms with E-state index in [4.69, 9.17) is 5.73 Å². The van der Waals surface area contributed by atoms with Crippen LogP contribution in [0.3, 0.4) is 0 Å². The van der Waals surface area contributed by atoms with E-state index in [0.29, 0.717) is 5.13 Å². The van der Waals surface area contributed by atoms with Crippen molar-refractivity contribution in [3.05, 3.63) is 10.6 Å². The van der Waals surface area contributed by atoms with E-state index in [1.165, 1.54) is 10.6 Å². The average Bonchev–Trinajstić information content (AvgIpc) is 2.29. The summed E-state index contributed by atoms with van der Waals surface area (Å²) in [7, 11) is 2.15. The molecule has 0 amide bonds. The molecule has 1 aliphatic heterocycles. The van der Waals surface area contributed by atoms with E-state index in [-0.39, 0.29) is 5.54 Å². The van der Waals surface area contributed by atoms with Gasteiger partial charge < -0.3 is 5.73 Å². The molecule has 72 valence electrons. The van der Waals surface area contributed by atoms with Gasteiger partial charge in [-0.1, -0.05) is 0 Å². The smallest absolute Gasteiger partial charge is 0.180 e. The van der Waals surface area contributed by atoms with Crippen molar-refractivity contribution in [1.29, 1.82) is 0 Å². The van der Waals surface area contributed by atoms with Crippen molar-refractivity contribution in [1.82, 2.24) is 9.88 Å². The van der Waals surface area contributed by atoms with Gasteiger partial charge in [0.1, 0.15) is 0 Å². The van der Waals surface area contributed by atoms with E-state index in [9.17, 15) is 0 Å². The molecule has 3 nitrogen and oxygen atoms in total. The van der Waals surface area contributed by atoms with Crippen LogP contribution in [0, 0.1) is 0 Å². The van der Waals surface area contributed by atoms with Crippen LogP contribution in [0.5, 0.6) is 0 Å². The third-order valence-electron chi connectivity index (χ3n) is 2.81. The first-order valence-corrected chi connectivity index (χ1v) is 5.26. The molecule has 2 rings (SSSR count). The quantitative estimate of drug-likeness (QED) is 0.685. The van der Waals surface area contributed by atoms with Gasteiger partial charge in [-0.15, -0.1) is 11.3 Å². The van der Waals surface area contributed by atoms with E-state index in [1.807, 2.05) is 0 Å². The van der Waals surface area contributed by atoms with Gasteiger partial charge in [0.2, 0.25) is 0 Å². The van der Waals surface area contributed by atoms with Gasteiger partial charge in [0.15, 0.2) is 5.13 Å². The van der Waals surface area contributed by atoms with Crippen LogP contribution in [0.15, 0.2) is 0 Å². The molecule has 1 aliphatic rings. The number of hydrogen-bond donors (Lipinski definition) is 1. The van der Waals surface area contributed by atoms with Crippen LogP contribution in [0.1, 0.15) is 24.4 Å². The first-order chi connectivity index (χ1) is 5.99. The van der Waals surface area contributed by atoms with Gasteiger partial charge >= 0.3 is 0 Å². The lowest BCUT2D eigenvalue weighted by molar-refractivity contribution is 0.133. The summed E-state index contributed by atoms with van der Waals surface area (Å²) in [6.45, 7) is 5.47. The summed E-state index contributed by atoms with van der Waals surface area (Å²) in [6, 6.07) is 0. The lowest BCUT2D eigenvalue weighted by atomic mass is 9.92. The van der Waals surface area contributed by atoms with Crippen LogP contribution in [-0.4, -0.2) is 22.5 Å². The second-order valence-electron chi connectivity index (χ2n) is 4.27. The fourth-order valence-corrected chi connectivity index (χ4v) is 2.54. The Bertz CT molecular complexity index is 330. The fraction of sp³-hybridized carbons (Fsp3) is 0.667. The number of likely N-dealkylation sites (N-methyl/N-ethyl adjacent to an activating group) is 1. The fourth-order valence-electron chi connectivity index (χ4n) is 1.64. The van der Waals surface area contributed by atoms with Crippen LogP contribution in [0.4, 0.5) is 5.13 Å². The van der Waals surface area contributed by atoms with Crippen LogP contribution >= 0.6 is 11.3 Å². The molecule has 0 aromatic carbocycles. The maximum atomic E-state index is 5.68. The minimum atomic E-state index is 0.216. The molecule has 0 unspecified atom stereocenters. The zero-order chi connectivity index (χ0) is 9.64. The third kappa shape index (κ3) is 1.44. The maximum absolute atomic E-state index is 5.68. The van der Waals surface area contributed by atoms with Crippen molar-refractivity contribution in [2.45, 2.75) is 32.4 Å². The van der Waals surface area contributed by atoms with Gasteiger partial charge in [0, 0.05) is 23.4 Å². The highest BCUT2D eigenvalue weighted by Gasteiger charge is 2.32. The highest BCUT2D eigenvalue weighted by molar-refractivity contribution is 7.15. The molecule has 0 radical (unpaired) electrons. The number of rotatable bonds is 0. The summed E-state index contributed by atoms with van der Waals surface area (Å²) in [4.78, 5) is 8.04. The molecule has 13 heavy (non-hydrogen) atoms. The summed E-state index contributed by atoms with van der Waals surface area (Å²) in [5, 5.41) is 0.705. The minimum Gasteiger partial charge on any atom is -0.375 e. The van der Waals surface area contributed by atoms with Crippen molar-refractivity contribution in [3.63, 3.8) is 0 Å². The first kappa shape index (κ1) is 8.97. The van der Waals surface area contributed by atoms with Crippen LogP contribution < -0.4 is 5.73 Å². The largest absolute Gasteiger partial charge is 0.375 e. The van der Waals surface area contributed by atoms with Crippen LogP contribution in [0.25, 0.3) is 0 Å². The molecule has 0 aliphatic carbocycles. The third-order valence-corrected chi connectivity index (χ3v) is 3.72. The molecule has 1 aromatic heterocycles. The number of anilines is 1. The maximum Gasteiger partial charge on any atom is 0.180 e. The SMILES string of the molecule is CN1Cc2sc(N)nc2CC1(C)C. The molecular weight excluding hydrogens is 182 g/mol. The van der Waals surface area contributed by atoms with Gasteiger partial charge in [-0.2, -0.15) is 0 Å². The Balaban J connectivity index is 2.38. The van der Waals surface area contributed by atoms with E-state index in [2.05, 4.69) is 30.8 Å². The number of nitrogen functional groups attached to an aromatic ring is 1. The summed E-state index contributed by atoms with van der Waals surface area (Å²) < 4.78 is 0. The van der Waals surface area contributed by atoms with Crippen molar-refractivity contribution in [2.75, 3.05) is 12.8 Å². The van der Waals surface area contributed by atoms with E-state index >= 15 is 0 Å². The molecule has 2 heterocycles. The van der Waals surface area contributed by atoms with Gasteiger partial charge in [0.25, 0.3) is 0 Å². The molecule has 0 spiro atoms. The standard InChI is InChI=1S/C9H15N3S/c1-9(2)4-6-7(5-12(9)3)13-8(10)11-6/h4-5H2,1-3H3,(H2,10,11). The molecule has 0 saturated heterocycles. The topological polar surface area (TPSA) is 42.1 Å². The Morgan fingerprint density at radius 3 is 2.92 bits per heavy atom. The monoisotopic (exact) mass is 197 g/mol. The predicted octanol–water partition coefficient (Wildman–Crippen LogP) is 1.49. The zero-order valence-electron chi connectivity index (χ0n) is 8.29. The predicted molar refractivity (Wildman–Crippen MR) is 55.8 cm³/mol. The second-order valence-corrected chi connectivity index (χ2v) is 5.38. The molecule has 0 saturated carbocycles. The highest BCUT2D eigenvalue weighted by Crippen LogP contribution is 2.33. The average molecular weight is 197 g/mol. The molecule has 1 aromatic rings. The summed E-state index contributed by atoms with van der Waals surface area (Å²) in [6.07, 6.45) is 1.01. The lowest BCUT2D eigenvalue weighted by Crippen LogP contribution is -2.45. The summed E-state index contributed by atoms with van der Waals surface area (Å²) in [5.41, 5.74) is 7.10. The number of aromatic nitrogens is 1. The van der Waals surface area contributed by atoms with Crippen molar-refractivity contribution in [3.8, 4) is 0 Å². The zero-order valence-corrected chi connectivity index (χ0v) is 9.11. The molecule has 4 heteroatoms. The Kier molecular flexibility index (Phi) is 1.85. The normalized spacial score (nSPS) is 21.5.